The molecule has 0 spiro atoms. The predicted octanol–water partition coefficient (Wildman–Crippen LogP) is 5.11. The number of hydrogen-bond donors (Lipinski definition) is 1. The third kappa shape index (κ3) is 3.30. The molecule has 1 N–H and O–H groups in total. The largest absolute Gasteiger partial charge is 0.495 e. The zero-order chi connectivity index (χ0) is 14.7. The average molecular weight is 407 g/mol. The van der Waals surface area contributed by atoms with Gasteiger partial charge in [-0.2, -0.15) is 0 Å². The predicted molar refractivity (Wildman–Crippen MR) is 82.1 cm³/mol. The number of para-hydroxylation sites is 1. The molecule has 2 aromatic carbocycles. The summed E-state index contributed by atoms with van der Waals surface area (Å²) in [4.78, 5) is 0. The molecular weight excluding hydrogens is 396 g/mol. The van der Waals surface area contributed by atoms with Gasteiger partial charge in [-0.15, -0.1) is 0 Å². The van der Waals surface area contributed by atoms with Crippen LogP contribution in [-0.4, -0.2) is 7.11 Å². The molecule has 0 aliphatic carbocycles. The molecule has 6 heteroatoms. The molecule has 0 amide bonds. The van der Waals surface area contributed by atoms with Gasteiger partial charge in [-0.1, -0.05) is 22.0 Å². The van der Waals surface area contributed by atoms with Gasteiger partial charge in [-0.25, -0.2) is 8.78 Å². The first-order valence-electron chi connectivity index (χ1n) is 5.72. The van der Waals surface area contributed by atoms with Crippen LogP contribution in [0.25, 0.3) is 0 Å². The van der Waals surface area contributed by atoms with Crippen molar-refractivity contribution >= 4 is 37.5 Å². The lowest BCUT2D eigenvalue weighted by Crippen LogP contribution is -2.05. The first-order chi connectivity index (χ1) is 9.52. The molecule has 0 aliphatic rings. The standard InChI is InChI=1S/C14H11Br2F2NO/c1-20-14-8(5-9(15)6-10(14)16)7-19-13-11(17)3-2-4-12(13)18/h2-6,19H,7H2,1H3. The van der Waals surface area contributed by atoms with Gasteiger partial charge in [0, 0.05) is 16.6 Å². The number of anilines is 1. The normalized spacial score (nSPS) is 10.4. The van der Waals surface area contributed by atoms with Crippen LogP contribution in [0.4, 0.5) is 14.5 Å². The Balaban J connectivity index is 2.27. The van der Waals surface area contributed by atoms with Crippen LogP contribution in [0.2, 0.25) is 0 Å². The summed E-state index contributed by atoms with van der Waals surface area (Å²) in [5.74, 6) is -0.631. The van der Waals surface area contributed by atoms with Gasteiger partial charge in [0.2, 0.25) is 0 Å². The highest BCUT2D eigenvalue weighted by atomic mass is 79.9. The van der Waals surface area contributed by atoms with Crippen molar-refractivity contribution in [2.45, 2.75) is 6.54 Å². The maximum atomic E-state index is 13.5. The number of rotatable bonds is 4. The first-order valence-corrected chi connectivity index (χ1v) is 7.31. The van der Waals surface area contributed by atoms with E-state index in [0.29, 0.717) is 5.75 Å². The van der Waals surface area contributed by atoms with Crippen LogP contribution in [0.5, 0.6) is 5.75 Å². The van der Waals surface area contributed by atoms with Crippen LogP contribution >= 0.6 is 31.9 Å². The Kier molecular flexibility index (Phi) is 4.99. The molecular formula is C14H11Br2F2NO. The molecule has 0 aliphatic heterocycles. The molecule has 0 saturated carbocycles. The Bertz CT molecular complexity index is 615. The lowest BCUT2D eigenvalue weighted by Gasteiger charge is -2.13. The molecule has 0 fully saturated rings. The minimum Gasteiger partial charge on any atom is -0.495 e. The zero-order valence-corrected chi connectivity index (χ0v) is 13.7. The molecule has 0 atom stereocenters. The summed E-state index contributed by atoms with van der Waals surface area (Å²) in [6.45, 7) is 0.235. The zero-order valence-electron chi connectivity index (χ0n) is 10.5. The minimum atomic E-state index is -0.627. The number of nitrogens with one attached hydrogen (secondary N) is 1. The summed E-state index contributed by atoms with van der Waals surface area (Å²) in [6, 6.07) is 7.41. The third-order valence-electron chi connectivity index (χ3n) is 2.71. The quantitative estimate of drug-likeness (QED) is 0.761. The van der Waals surface area contributed by atoms with Gasteiger partial charge in [0.1, 0.15) is 23.1 Å². The fraction of sp³-hybridized carbons (Fsp3) is 0.143. The number of ether oxygens (including phenoxy) is 1. The van der Waals surface area contributed by atoms with Crippen molar-refractivity contribution in [2.75, 3.05) is 12.4 Å². The van der Waals surface area contributed by atoms with Gasteiger partial charge in [0.15, 0.2) is 0 Å². The van der Waals surface area contributed by atoms with Crippen molar-refractivity contribution in [3.63, 3.8) is 0 Å². The summed E-state index contributed by atoms with van der Waals surface area (Å²) in [6.07, 6.45) is 0. The van der Waals surface area contributed by atoms with Gasteiger partial charge < -0.3 is 10.1 Å². The van der Waals surface area contributed by atoms with E-state index >= 15 is 0 Å². The fourth-order valence-electron chi connectivity index (χ4n) is 1.82. The molecule has 2 aromatic rings. The highest BCUT2D eigenvalue weighted by Gasteiger charge is 2.12. The van der Waals surface area contributed by atoms with Gasteiger partial charge in [0.05, 0.1) is 11.6 Å². The van der Waals surface area contributed by atoms with Crippen LogP contribution in [0.3, 0.4) is 0 Å². The molecule has 0 radical (unpaired) electrons. The van der Waals surface area contributed by atoms with E-state index in [4.69, 9.17) is 4.74 Å². The maximum absolute atomic E-state index is 13.5. The maximum Gasteiger partial charge on any atom is 0.149 e. The van der Waals surface area contributed by atoms with Crippen LogP contribution in [-0.2, 0) is 6.54 Å². The summed E-state index contributed by atoms with van der Waals surface area (Å²) < 4.78 is 34.0. The third-order valence-corrected chi connectivity index (χ3v) is 3.75. The van der Waals surface area contributed by atoms with E-state index in [1.807, 2.05) is 12.1 Å². The smallest absolute Gasteiger partial charge is 0.149 e. The Morgan fingerprint density at radius 2 is 1.80 bits per heavy atom. The number of benzene rings is 2. The van der Waals surface area contributed by atoms with E-state index in [1.54, 1.807) is 7.11 Å². The Morgan fingerprint density at radius 3 is 2.40 bits per heavy atom. The van der Waals surface area contributed by atoms with E-state index < -0.39 is 11.6 Å². The first kappa shape index (κ1) is 15.3. The van der Waals surface area contributed by atoms with E-state index in [1.165, 1.54) is 18.2 Å². The lowest BCUT2D eigenvalue weighted by atomic mass is 10.2. The second-order valence-corrected chi connectivity index (χ2v) is 5.80. The van der Waals surface area contributed by atoms with Crippen molar-refractivity contribution in [3.05, 3.63) is 56.5 Å². The van der Waals surface area contributed by atoms with Gasteiger partial charge in [-0.3, -0.25) is 0 Å². The van der Waals surface area contributed by atoms with Gasteiger partial charge in [0.25, 0.3) is 0 Å². The number of hydrogen-bond acceptors (Lipinski definition) is 2. The van der Waals surface area contributed by atoms with Crippen molar-refractivity contribution in [1.82, 2.24) is 0 Å². The monoisotopic (exact) mass is 405 g/mol. The molecule has 0 heterocycles. The van der Waals surface area contributed by atoms with Gasteiger partial charge >= 0.3 is 0 Å². The molecule has 20 heavy (non-hydrogen) atoms. The summed E-state index contributed by atoms with van der Waals surface area (Å²) in [5.41, 5.74) is 0.627. The van der Waals surface area contributed by atoms with Crippen molar-refractivity contribution in [2.24, 2.45) is 0 Å². The van der Waals surface area contributed by atoms with E-state index in [0.717, 1.165) is 14.5 Å². The van der Waals surface area contributed by atoms with E-state index in [9.17, 15) is 8.78 Å². The summed E-state index contributed by atoms with van der Waals surface area (Å²) in [7, 11) is 1.54. The molecule has 106 valence electrons. The topological polar surface area (TPSA) is 21.3 Å². The van der Waals surface area contributed by atoms with Crippen molar-refractivity contribution < 1.29 is 13.5 Å². The van der Waals surface area contributed by atoms with Crippen LogP contribution in [0.1, 0.15) is 5.56 Å². The van der Waals surface area contributed by atoms with Crippen molar-refractivity contribution in [1.29, 1.82) is 0 Å². The Morgan fingerprint density at radius 1 is 1.15 bits per heavy atom. The highest BCUT2D eigenvalue weighted by Crippen LogP contribution is 2.33. The second kappa shape index (κ2) is 6.54. The van der Waals surface area contributed by atoms with E-state index in [-0.39, 0.29) is 12.2 Å². The Labute approximate surface area is 132 Å². The van der Waals surface area contributed by atoms with Crippen LogP contribution in [0, 0.1) is 11.6 Å². The molecule has 0 aromatic heterocycles. The SMILES string of the molecule is COc1c(Br)cc(Br)cc1CNc1c(F)cccc1F. The Hall–Kier alpha value is -1.14. The van der Waals surface area contributed by atoms with E-state index in [2.05, 4.69) is 37.2 Å². The molecule has 2 rings (SSSR count). The summed E-state index contributed by atoms with van der Waals surface area (Å²) >= 11 is 6.75. The molecule has 2 nitrogen and oxygen atoms in total. The number of methoxy groups -OCH3 is 1. The fourth-order valence-corrected chi connectivity index (χ4v) is 3.30. The summed E-state index contributed by atoms with van der Waals surface area (Å²) in [5, 5.41) is 2.76. The number of halogens is 4. The van der Waals surface area contributed by atoms with Crippen LogP contribution in [0.15, 0.2) is 39.3 Å². The highest BCUT2D eigenvalue weighted by molar-refractivity contribution is 9.11. The average Bonchev–Trinajstić information content (AvgIpc) is 2.37. The molecule has 0 saturated heterocycles. The lowest BCUT2D eigenvalue weighted by molar-refractivity contribution is 0.407. The van der Waals surface area contributed by atoms with Crippen LogP contribution < -0.4 is 10.1 Å². The molecule has 0 bridgehead atoms. The van der Waals surface area contributed by atoms with Crippen molar-refractivity contribution in [3.8, 4) is 5.75 Å². The van der Waals surface area contributed by atoms with Gasteiger partial charge in [-0.05, 0) is 40.2 Å². The minimum absolute atomic E-state index is 0.148. The second-order valence-electron chi connectivity index (χ2n) is 4.03. The molecule has 0 unspecified atom stereocenters.